The third kappa shape index (κ3) is 5.15. The Labute approximate surface area is 149 Å². The first-order valence-corrected chi connectivity index (χ1v) is 8.97. The Morgan fingerprint density at radius 1 is 1.04 bits per heavy atom. The second-order valence-corrected chi connectivity index (χ2v) is 6.74. The first kappa shape index (κ1) is 17.6. The zero-order valence-electron chi connectivity index (χ0n) is 14.5. The van der Waals surface area contributed by atoms with Crippen LogP contribution in [-0.4, -0.2) is 11.9 Å². The van der Waals surface area contributed by atoms with Crippen LogP contribution in [-0.2, 0) is 22.7 Å². The predicted octanol–water partition coefficient (Wildman–Crippen LogP) is 3.86. The first-order valence-electron chi connectivity index (χ1n) is 8.97. The Morgan fingerprint density at radius 2 is 1.80 bits per heavy atom. The molecule has 0 unspecified atom stereocenters. The molecule has 25 heavy (non-hydrogen) atoms. The molecule has 0 heterocycles. The fourth-order valence-electron chi connectivity index (χ4n) is 3.38. The highest BCUT2D eigenvalue weighted by molar-refractivity contribution is 5.91. The van der Waals surface area contributed by atoms with Gasteiger partial charge in [-0.3, -0.25) is 4.79 Å². The topological polar surface area (TPSA) is 64.4 Å². The quantitative estimate of drug-likeness (QED) is 0.806. The molecule has 0 saturated heterocycles. The predicted molar refractivity (Wildman–Crippen MR) is 99.9 cm³/mol. The van der Waals surface area contributed by atoms with E-state index in [1.54, 1.807) is 0 Å². The molecule has 0 radical (unpaired) electrons. The van der Waals surface area contributed by atoms with Gasteiger partial charge in [0.2, 0.25) is 5.91 Å². The van der Waals surface area contributed by atoms with E-state index in [2.05, 4.69) is 5.32 Å². The van der Waals surface area contributed by atoms with Crippen LogP contribution in [0.25, 0.3) is 0 Å². The van der Waals surface area contributed by atoms with E-state index in [0.717, 1.165) is 36.1 Å². The van der Waals surface area contributed by atoms with Gasteiger partial charge in [0, 0.05) is 23.7 Å². The van der Waals surface area contributed by atoms with Crippen LogP contribution >= 0.6 is 0 Å². The Kier molecular flexibility index (Phi) is 6.20. The van der Waals surface area contributed by atoms with Crippen molar-refractivity contribution in [1.82, 2.24) is 0 Å². The molecule has 0 aromatic heterocycles. The fraction of sp³-hybridized carbons (Fsp3) is 0.381. The fourth-order valence-corrected chi connectivity index (χ4v) is 3.38. The van der Waals surface area contributed by atoms with Crippen molar-refractivity contribution < 1.29 is 9.53 Å². The van der Waals surface area contributed by atoms with Crippen molar-refractivity contribution in [1.29, 1.82) is 0 Å². The average molecular weight is 338 g/mol. The minimum atomic E-state index is 0.0397. The van der Waals surface area contributed by atoms with Gasteiger partial charge in [-0.1, -0.05) is 55.0 Å². The van der Waals surface area contributed by atoms with E-state index < -0.39 is 0 Å². The molecule has 2 aromatic carbocycles. The number of hydrogen-bond acceptors (Lipinski definition) is 3. The van der Waals surface area contributed by atoms with Gasteiger partial charge in [-0.15, -0.1) is 0 Å². The SMILES string of the molecule is N[C@@H]1CCC[C@H]1CC(=O)Nc1ccccc1COCc1ccccc1. The van der Waals surface area contributed by atoms with E-state index in [-0.39, 0.29) is 11.9 Å². The number of carbonyl (C=O) groups is 1. The van der Waals surface area contributed by atoms with Crippen LogP contribution < -0.4 is 11.1 Å². The van der Waals surface area contributed by atoms with Crippen molar-refractivity contribution in [3.63, 3.8) is 0 Å². The largest absolute Gasteiger partial charge is 0.372 e. The molecule has 2 atom stereocenters. The van der Waals surface area contributed by atoms with Crippen LogP contribution in [0.15, 0.2) is 54.6 Å². The number of amides is 1. The third-order valence-electron chi connectivity index (χ3n) is 4.83. The van der Waals surface area contributed by atoms with Crippen molar-refractivity contribution in [3.8, 4) is 0 Å². The van der Waals surface area contributed by atoms with Gasteiger partial charge in [0.05, 0.1) is 13.2 Å². The number of hydrogen-bond donors (Lipinski definition) is 2. The molecule has 1 saturated carbocycles. The lowest BCUT2D eigenvalue weighted by atomic mass is 10.00. The van der Waals surface area contributed by atoms with Crippen molar-refractivity contribution in [2.75, 3.05) is 5.32 Å². The number of benzene rings is 2. The van der Waals surface area contributed by atoms with Crippen molar-refractivity contribution in [2.24, 2.45) is 11.7 Å². The van der Waals surface area contributed by atoms with Crippen LogP contribution in [0.2, 0.25) is 0 Å². The molecule has 3 rings (SSSR count). The lowest BCUT2D eigenvalue weighted by molar-refractivity contribution is -0.117. The molecule has 1 amide bonds. The number of rotatable bonds is 7. The highest BCUT2D eigenvalue weighted by atomic mass is 16.5. The van der Waals surface area contributed by atoms with E-state index in [9.17, 15) is 4.79 Å². The number of carbonyl (C=O) groups excluding carboxylic acids is 1. The molecule has 4 nitrogen and oxygen atoms in total. The number of anilines is 1. The van der Waals surface area contributed by atoms with Crippen LogP contribution in [0.3, 0.4) is 0 Å². The van der Waals surface area contributed by atoms with Gasteiger partial charge in [0.1, 0.15) is 0 Å². The van der Waals surface area contributed by atoms with Gasteiger partial charge in [0.25, 0.3) is 0 Å². The third-order valence-corrected chi connectivity index (χ3v) is 4.83. The zero-order chi connectivity index (χ0) is 17.5. The summed E-state index contributed by atoms with van der Waals surface area (Å²) in [5.41, 5.74) is 9.02. The molecule has 1 aliphatic carbocycles. The lowest BCUT2D eigenvalue weighted by Gasteiger charge is -2.16. The summed E-state index contributed by atoms with van der Waals surface area (Å²) in [5, 5.41) is 3.03. The molecule has 1 fully saturated rings. The molecule has 3 N–H and O–H groups in total. The normalized spacial score (nSPS) is 19.7. The molecule has 132 valence electrons. The lowest BCUT2D eigenvalue weighted by Crippen LogP contribution is -2.28. The highest BCUT2D eigenvalue weighted by Crippen LogP contribution is 2.27. The number of ether oxygens (including phenoxy) is 1. The summed E-state index contributed by atoms with van der Waals surface area (Å²) in [4.78, 5) is 12.4. The number of para-hydroxylation sites is 1. The van der Waals surface area contributed by atoms with Crippen LogP contribution in [0.4, 0.5) is 5.69 Å². The van der Waals surface area contributed by atoms with Crippen molar-refractivity contribution >= 4 is 11.6 Å². The molecule has 0 spiro atoms. The molecule has 0 aliphatic heterocycles. The van der Waals surface area contributed by atoms with Gasteiger partial charge < -0.3 is 15.8 Å². The van der Waals surface area contributed by atoms with Crippen LogP contribution in [0.1, 0.15) is 36.8 Å². The van der Waals surface area contributed by atoms with Gasteiger partial charge in [-0.2, -0.15) is 0 Å². The Balaban J connectivity index is 1.54. The van der Waals surface area contributed by atoms with Crippen molar-refractivity contribution in [2.45, 2.75) is 44.9 Å². The summed E-state index contributed by atoms with van der Waals surface area (Å²) in [6, 6.07) is 18.0. The molecular formula is C21H26N2O2. The van der Waals surface area contributed by atoms with E-state index in [1.165, 1.54) is 0 Å². The summed E-state index contributed by atoms with van der Waals surface area (Å²) in [6.07, 6.45) is 3.71. The van der Waals surface area contributed by atoms with Gasteiger partial charge >= 0.3 is 0 Å². The highest BCUT2D eigenvalue weighted by Gasteiger charge is 2.26. The molecular weight excluding hydrogens is 312 g/mol. The van der Waals surface area contributed by atoms with Crippen molar-refractivity contribution in [3.05, 3.63) is 65.7 Å². The summed E-state index contributed by atoms with van der Waals surface area (Å²) >= 11 is 0. The van der Waals surface area contributed by atoms with E-state index in [0.29, 0.717) is 25.6 Å². The molecule has 4 heteroatoms. The maximum atomic E-state index is 12.4. The van der Waals surface area contributed by atoms with E-state index in [4.69, 9.17) is 10.5 Å². The number of nitrogens with one attached hydrogen (secondary N) is 1. The second kappa shape index (κ2) is 8.79. The number of nitrogens with two attached hydrogens (primary N) is 1. The summed E-state index contributed by atoms with van der Waals surface area (Å²) in [5.74, 6) is 0.347. The molecule has 2 aromatic rings. The first-order chi connectivity index (χ1) is 12.2. The van der Waals surface area contributed by atoms with Gasteiger partial charge in [-0.05, 0) is 30.4 Å². The van der Waals surface area contributed by atoms with E-state index in [1.807, 2.05) is 54.6 Å². The average Bonchev–Trinajstić information content (AvgIpc) is 3.02. The minimum absolute atomic E-state index is 0.0397. The minimum Gasteiger partial charge on any atom is -0.372 e. The Bertz CT molecular complexity index is 687. The monoisotopic (exact) mass is 338 g/mol. The maximum absolute atomic E-state index is 12.4. The molecule has 0 bridgehead atoms. The van der Waals surface area contributed by atoms with Gasteiger partial charge in [0.15, 0.2) is 0 Å². The standard InChI is InChI=1S/C21H26N2O2/c22-19-11-6-10-17(19)13-21(24)23-20-12-5-4-9-18(20)15-25-14-16-7-2-1-3-8-16/h1-5,7-9,12,17,19H,6,10-11,13-15,22H2,(H,23,24)/t17-,19+/m0/s1. The van der Waals surface area contributed by atoms with Gasteiger partial charge in [-0.25, -0.2) is 0 Å². The summed E-state index contributed by atoms with van der Waals surface area (Å²) < 4.78 is 5.81. The Hall–Kier alpha value is -2.17. The summed E-state index contributed by atoms with van der Waals surface area (Å²) in [6.45, 7) is 1.02. The smallest absolute Gasteiger partial charge is 0.224 e. The van der Waals surface area contributed by atoms with Crippen LogP contribution in [0.5, 0.6) is 0 Å². The second-order valence-electron chi connectivity index (χ2n) is 6.74. The molecule has 1 aliphatic rings. The maximum Gasteiger partial charge on any atom is 0.224 e. The zero-order valence-corrected chi connectivity index (χ0v) is 14.5. The van der Waals surface area contributed by atoms with Crippen LogP contribution in [0, 0.1) is 5.92 Å². The Morgan fingerprint density at radius 3 is 2.56 bits per heavy atom. The van der Waals surface area contributed by atoms with E-state index >= 15 is 0 Å². The summed E-state index contributed by atoms with van der Waals surface area (Å²) in [7, 11) is 0.